The molecule has 1 aliphatic rings. The first kappa shape index (κ1) is 24.2. The van der Waals surface area contributed by atoms with E-state index in [0.29, 0.717) is 17.4 Å². The Hall–Kier alpha value is -3.97. The van der Waals surface area contributed by atoms with Gasteiger partial charge >= 0.3 is 5.97 Å². The van der Waals surface area contributed by atoms with Gasteiger partial charge in [0.15, 0.2) is 6.10 Å². The number of carbonyl (C=O) groups is 3. The van der Waals surface area contributed by atoms with Crippen molar-refractivity contribution in [1.82, 2.24) is 5.06 Å². The van der Waals surface area contributed by atoms with Gasteiger partial charge in [-0.25, -0.2) is 9.63 Å². The SMILES string of the molecule is CC(C)(C)OC(=O)[C@@H](Cc1ccc(OCc2ccccc2)cc1)ON1C(=O)c2ccccc2C1=O. The van der Waals surface area contributed by atoms with Gasteiger partial charge in [-0.05, 0) is 56.2 Å². The molecule has 4 rings (SSSR count). The molecule has 0 aliphatic carbocycles. The van der Waals surface area contributed by atoms with Crippen molar-refractivity contribution in [1.29, 1.82) is 0 Å². The van der Waals surface area contributed by atoms with E-state index in [2.05, 4.69) is 0 Å². The quantitative estimate of drug-likeness (QED) is 0.347. The third-order valence-electron chi connectivity index (χ3n) is 5.25. The Morgan fingerprint density at radius 2 is 1.37 bits per heavy atom. The number of imide groups is 1. The van der Waals surface area contributed by atoms with Crippen LogP contribution < -0.4 is 4.74 Å². The number of amides is 2. The standard InChI is InChI=1S/C28H27NO6/c1-28(2,3)34-27(32)24(35-29-25(30)22-11-7-8-12-23(22)26(29)31)17-19-13-15-21(16-14-19)33-18-20-9-5-4-6-10-20/h4-16,24H,17-18H2,1-3H3/t24-/m1/s1. The van der Waals surface area contributed by atoms with Crippen LogP contribution in [0.15, 0.2) is 78.9 Å². The maximum absolute atomic E-state index is 12.9. The van der Waals surface area contributed by atoms with Gasteiger partial charge in [-0.1, -0.05) is 54.6 Å². The first-order chi connectivity index (χ1) is 16.7. The number of benzene rings is 3. The molecule has 0 unspecified atom stereocenters. The van der Waals surface area contributed by atoms with E-state index in [0.717, 1.165) is 11.1 Å². The van der Waals surface area contributed by atoms with E-state index in [9.17, 15) is 14.4 Å². The molecule has 0 saturated heterocycles. The Bertz CT molecular complexity index is 1180. The Morgan fingerprint density at radius 1 is 0.800 bits per heavy atom. The van der Waals surface area contributed by atoms with Crippen molar-refractivity contribution in [3.8, 4) is 5.75 Å². The summed E-state index contributed by atoms with van der Waals surface area (Å²) >= 11 is 0. The predicted octanol–water partition coefficient (Wildman–Crippen LogP) is 4.75. The number of esters is 1. The van der Waals surface area contributed by atoms with E-state index >= 15 is 0 Å². The second kappa shape index (κ2) is 10.1. The van der Waals surface area contributed by atoms with Gasteiger partial charge in [0.2, 0.25) is 0 Å². The third-order valence-corrected chi connectivity index (χ3v) is 5.25. The van der Waals surface area contributed by atoms with Crippen LogP contribution in [-0.2, 0) is 27.4 Å². The zero-order valence-corrected chi connectivity index (χ0v) is 19.9. The fraction of sp³-hybridized carbons (Fsp3) is 0.250. The molecule has 7 nitrogen and oxygen atoms in total. The molecule has 3 aromatic carbocycles. The summed E-state index contributed by atoms with van der Waals surface area (Å²) in [7, 11) is 0. The average molecular weight is 474 g/mol. The minimum atomic E-state index is -1.20. The highest BCUT2D eigenvalue weighted by atomic mass is 16.7. The van der Waals surface area contributed by atoms with E-state index in [-0.39, 0.29) is 17.5 Å². The average Bonchev–Trinajstić information content (AvgIpc) is 3.07. The minimum absolute atomic E-state index is 0.0985. The van der Waals surface area contributed by atoms with Crippen molar-refractivity contribution < 1.29 is 28.7 Å². The van der Waals surface area contributed by atoms with Gasteiger partial charge < -0.3 is 9.47 Å². The van der Waals surface area contributed by atoms with Gasteiger partial charge in [-0.15, -0.1) is 5.06 Å². The molecule has 2 amide bonds. The lowest BCUT2D eigenvalue weighted by Gasteiger charge is -2.26. The molecule has 0 fully saturated rings. The largest absolute Gasteiger partial charge is 0.489 e. The molecule has 0 saturated carbocycles. The lowest BCUT2D eigenvalue weighted by Crippen LogP contribution is -2.42. The van der Waals surface area contributed by atoms with Gasteiger partial charge in [0.05, 0.1) is 11.1 Å². The van der Waals surface area contributed by atoms with Gasteiger partial charge in [-0.2, -0.15) is 0 Å². The molecule has 0 bridgehead atoms. The number of ether oxygens (including phenoxy) is 2. The van der Waals surface area contributed by atoms with Gasteiger partial charge in [-0.3, -0.25) is 9.59 Å². The van der Waals surface area contributed by atoms with Gasteiger partial charge in [0, 0.05) is 6.42 Å². The van der Waals surface area contributed by atoms with Gasteiger partial charge in [0.1, 0.15) is 18.0 Å². The van der Waals surface area contributed by atoms with Crippen LogP contribution in [0, 0.1) is 0 Å². The van der Waals surface area contributed by atoms with E-state index in [1.807, 2.05) is 42.5 Å². The zero-order valence-electron chi connectivity index (χ0n) is 19.9. The monoisotopic (exact) mass is 473 g/mol. The molecule has 1 atom stereocenters. The van der Waals surface area contributed by atoms with E-state index < -0.39 is 29.5 Å². The molecule has 1 heterocycles. The zero-order chi connectivity index (χ0) is 25.0. The second-order valence-corrected chi connectivity index (χ2v) is 9.20. The summed E-state index contributed by atoms with van der Waals surface area (Å²) in [5.41, 5.74) is 1.51. The van der Waals surface area contributed by atoms with E-state index in [1.165, 1.54) is 0 Å². The maximum Gasteiger partial charge on any atom is 0.338 e. The Labute approximate surface area is 204 Å². The molecule has 35 heavy (non-hydrogen) atoms. The Balaban J connectivity index is 1.48. The molecule has 0 aromatic heterocycles. The number of hydrogen-bond donors (Lipinski definition) is 0. The highest BCUT2D eigenvalue weighted by Crippen LogP contribution is 2.25. The third kappa shape index (κ3) is 5.94. The van der Waals surface area contributed by atoms with Crippen LogP contribution in [0.25, 0.3) is 0 Å². The topological polar surface area (TPSA) is 82.1 Å². The van der Waals surface area contributed by atoms with Crippen molar-refractivity contribution in [2.45, 2.75) is 45.5 Å². The highest BCUT2D eigenvalue weighted by Gasteiger charge is 2.40. The van der Waals surface area contributed by atoms with Crippen LogP contribution in [0.1, 0.15) is 52.6 Å². The Morgan fingerprint density at radius 3 is 1.94 bits per heavy atom. The number of rotatable bonds is 8. The first-order valence-corrected chi connectivity index (χ1v) is 11.3. The fourth-order valence-electron chi connectivity index (χ4n) is 3.60. The molecule has 0 radical (unpaired) electrons. The van der Waals surface area contributed by atoms with Crippen molar-refractivity contribution >= 4 is 17.8 Å². The smallest absolute Gasteiger partial charge is 0.338 e. The van der Waals surface area contributed by atoms with E-state index in [1.54, 1.807) is 57.2 Å². The fourth-order valence-corrected chi connectivity index (χ4v) is 3.60. The van der Waals surface area contributed by atoms with Crippen LogP contribution in [0.3, 0.4) is 0 Å². The van der Waals surface area contributed by atoms with Crippen LogP contribution in [0.2, 0.25) is 0 Å². The normalized spacial score (nSPS) is 14.0. The van der Waals surface area contributed by atoms with Crippen molar-refractivity contribution in [2.75, 3.05) is 0 Å². The maximum atomic E-state index is 12.9. The summed E-state index contributed by atoms with van der Waals surface area (Å²) < 4.78 is 11.3. The highest BCUT2D eigenvalue weighted by molar-refractivity contribution is 6.20. The van der Waals surface area contributed by atoms with Crippen LogP contribution in [0.5, 0.6) is 5.75 Å². The molecule has 180 valence electrons. The van der Waals surface area contributed by atoms with Crippen LogP contribution in [-0.4, -0.2) is 34.6 Å². The lowest BCUT2D eigenvalue weighted by atomic mass is 10.1. The summed E-state index contributed by atoms with van der Waals surface area (Å²) in [5.74, 6) is -1.21. The predicted molar refractivity (Wildman–Crippen MR) is 129 cm³/mol. The number of nitrogens with zero attached hydrogens (tertiary/aromatic N) is 1. The first-order valence-electron chi connectivity index (χ1n) is 11.3. The summed E-state index contributed by atoms with van der Waals surface area (Å²) in [6.07, 6.45) is -1.10. The summed E-state index contributed by atoms with van der Waals surface area (Å²) in [5, 5.41) is 0.649. The van der Waals surface area contributed by atoms with Crippen LogP contribution >= 0.6 is 0 Å². The molecule has 3 aromatic rings. The molecule has 0 spiro atoms. The van der Waals surface area contributed by atoms with Crippen molar-refractivity contribution in [3.63, 3.8) is 0 Å². The molecule has 0 N–H and O–H groups in total. The number of hydroxylamine groups is 2. The van der Waals surface area contributed by atoms with Crippen LogP contribution in [0.4, 0.5) is 0 Å². The molecular weight excluding hydrogens is 446 g/mol. The summed E-state index contributed by atoms with van der Waals surface area (Å²) in [6, 6.07) is 23.5. The van der Waals surface area contributed by atoms with Gasteiger partial charge in [0.25, 0.3) is 11.8 Å². The summed E-state index contributed by atoms with van der Waals surface area (Å²) in [4.78, 5) is 44.1. The number of carbonyl (C=O) groups excluding carboxylic acids is 3. The molecular formula is C28H27NO6. The van der Waals surface area contributed by atoms with Crippen molar-refractivity contribution in [2.24, 2.45) is 0 Å². The van der Waals surface area contributed by atoms with Crippen molar-refractivity contribution in [3.05, 3.63) is 101 Å². The van der Waals surface area contributed by atoms with E-state index in [4.69, 9.17) is 14.3 Å². The Kier molecular flexibility index (Phi) is 6.98. The molecule has 7 heteroatoms. The lowest BCUT2D eigenvalue weighted by molar-refractivity contribution is -0.189. The number of fused-ring (bicyclic) bond motifs is 1. The second-order valence-electron chi connectivity index (χ2n) is 9.20. The number of hydrogen-bond acceptors (Lipinski definition) is 6. The summed E-state index contributed by atoms with van der Waals surface area (Å²) in [6.45, 7) is 5.65. The minimum Gasteiger partial charge on any atom is -0.489 e. The molecule has 1 aliphatic heterocycles.